The second kappa shape index (κ2) is 9.94. The number of carbonyl (C=O) groups is 1. The minimum absolute atomic E-state index is 0.0206. The average Bonchev–Trinajstić information content (AvgIpc) is 3.54. The molecule has 3 aliphatic rings. The van der Waals surface area contributed by atoms with Crippen molar-refractivity contribution >= 4 is 17.7 Å². The first-order chi connectivity index (χ1) is 18.0. The molecule has 0 radical (unpaired) electrons. The molecule has 2 aromatic heterocycles. The first-order valence-corrected chi connectivity index (χ1v) is 12.9. The maximum absolute atomic E-state index is 13.0. The van der Waals surface area contributed by atoms with E-state index in [4.69, 9.17) is 9.47 Å². The Hall–Kier alpha value is -3.02. The van der Waals surface area contributed by atoms with Gasteiger partial charge in [-0.05, 0) is 13.8 Å². The SMILES string of the molecule is Cc1cn([C@@H]2O[C@H]([C@@H]3SCC(=O)N3[C@H]3C[C@H](n4cc(C)c(=O)[nH]c4=O)O[C@@H]3CO)[C@@H](O)[C@H]2O)c(=O)[nH]c1=O. The summed E-state index contributed by atoms with van der Waals surface area (Å²) in [6.07, 6.45) is -4.66. The summed E-state index contributed by atoms with van der Waals surface area (Å²) in [7, 11) is 0. The highest BCUT2D eigenvalue weighted by Crippen LogP contribution is 2.43. The van der Waals surface area contributed by atoms with Crippen molar-refractivity contribution in [2.75, 3.05) is 12.4 Å². The minimum atomic E-state index is -1.55. The first-order valence-electron chi connectivity index (χ1n) is 11.9. The molecule has 1 amide bonds. The number of hydrogen-bond donors (Lipinski definition) is 5. The maximum atomic E-state index is 13.0. The Morgan fingerprint density at radius 2 is 1.55 bits per heavy atom. The second-order valence-corrected chi connectivity index (χ2v) is 10.7. The Morgan fingerprint density at radius 1 is 0.947 bits per heavy atom. The normalized spacial score (nSPS) is 33.4. The number of hydrogen-bond acceptors (Lipinski definition) is 11. The van der Waals surface area contributed by atoms with Gasteiger partial charge in [-0.3, -0.25) is 33.5 Å². The summed E-state index contributed by atoms with van der Waals surface area (Å²) < 4.78 is 14.0. The fourth-order valence-corrected chi connectivity index (χ4v) is 6.46. The predicted octanol–water partition coefficient (Wildman–Crippen LogP) is -3.13. The van der Waals surface area contributed by atoms with E-state index >= 15 is 0 Å². The molecule has 0 bridgehead atoms. The molecule has 0 unspecified atom stereocenters. The van der Waals surface area contributed by atoms with Crippen molar-refractivity contribution in [3.8, 4) is 0 Å². The molecule has 15 nitrogen and oxygen atoms in total. The molecule has 206 valence electrons. The summed E-state index contributed by atoms with van der Waals surface area (Å²) in [5, 5.41) is 30.8. The Morgan fingerprint density at radius 3 is 2.18 bits per heavy atom. The Kier molecular flexibility index (Phi) is 6.95. The Bertz CT molecular complexity index is 1480. The number of aromatic amines is 2. The van der Waals surface area contributed by atoms with E-state index in [1.807, 2.05) is 0 Å². The van der Waals surface area contributed by atoms with E-state index in [1.165, 1.54) is 35.7 Å². The molecule has 5 N–H and O–H groups in total. The number of aliphatic hydroxyl groups is 3. The summed E-state index contributed by atoms with van der Waals surface area (Å²) in [6, 6.07) is -0.735. The highest BCUT2D eigenvalue weighted by atomic mass is 32.2. The van der Waals surface area contributed by atoms with E-state index in [-0.39, 0.29) is 29.2 Å². The van der Waals surface area contributed by atoms with E-state index in [9.17, 15) is 39.3 Å². The van der Waals surface area contributed by atoms with Crippen molar-refractivity contribution < 1.29 is 29.6 Å². The molecule has 0 saturated carbocycles. The quantitative estimate of drug-likeness (QED) is 0.250. The van der Waals surface area contributed by atoms with Crippen LogP contribution in [-0.2, 0) is 14.3 Å². The summed E-state index contributed by atoms with van der Waals surface area (Å²) in [5.41, 5.74) is -2.21. The van der Waals surface area contributed by atoms with Crippen LogP contribution in [0.4, 0.5) is 0 Å². The molecule has 5 rings (SSSR count). The van der Waals surface area contributed by atoms with Crippen LogP contribution in [0.2, 0.25) is 0 Å². The van der Waals surface area contributed by atoms with Gasteiger partial charge in [0.15, 0.2) is 6.23 Å². The number of carbonyl (C=O) groups excluding carboxylic acids is 1. The van der Waals surface area contributed by atoms with Gasteiger partial charge in [-0.1, -0.05) is 0 Å². The molecule has 5 heterocycles. The van der Waals surface area contributed by atoms with Crippen molar-refractivity contribution in [1.82, 2.24) is 24.0 Å². The standard InChI is InChI=1S/C22H27N5O10S/c1-8-4-25(21(34)23-17(8)32)13-3-10(11(6-28)36-13)27-12(29)7-38-20(27)16-14(30)15(31)19(37-16)26-5-9(2)18(33)24-22(26)35/h4-5,10-11,13-16,19-20,28,30-31H,3,6-7H2,1-2H3,(H,23,32,34)(H,24,33,35)/t10-,11+,13+,14-,15+,16-,19+,20-/m0/s1. The molecular formula is C22H27N5O10S. The van der Waals surface area contributed by atoms with Gasteiger partial charge in [0, 0.05) is 29.9 Å². The van der Waals surface area contributed by atoms with Crippen LogP contribution in [0.3, 0.4) is 0 Å². The number of thioether (sulfide) groups is 1. The van der Waals surface area contributed by atoms with Gasteiger partial charge < -0.3 is 29.7 Å². The van der Waals surface area contributed by atoms with Crippen LogP contribution in [0.25, 0.3) is 0 Å². The number of H-pyrrole nitrogens is 2. The number of ether oxygens (including phenoxy) is 2. The monoisotopic (exact) mass is 553 g/mol. The summed E-state index contributed by atoms with van der Waals surface area (Å²) in [5.74, 6) is -0.310. The van der Waals surface area contributed by atoms with Gasteiger partial charge in [-0.25, -0.2) is 9.59 Å². The molecule has 2 aromatic rings. The zero-order valence-corrected chi connectivity index (χ0v) is 21.2. The molecule has 16 heteroatoms. The van der Waals surface area contributed by atoms with E-state index in [2.05, 4.69) is 9.97 Å². The molecule has 3 aliphatic heterocycles. The van der Waals surface area contributed by atoms with Crippen molar-refractivity contribution in [3.63, 3.8) is 0 Å². The summed E-state index contributed by atoms with van der Waals surface area (Å²) in [6.45, 7) is 2.51. The van der Waals surface area contributed by atoms with Gasteiger partial charge in [-0.2, -0.15) is 0 Å². The third-order valence-corrected chi connectivity index (χ3v) is 8.36. The van der Waals surface area contributed by atoms with Gasteiger partial charge >= 0.3 is 11.4 Å². The minimum Gasteiger partial charge on any atom is -0.394 e. The van der Waals surface area contributed by atoms with E-state index in [0.717, 1.165) is 16.3 Å². The number of aromatic nitrogens is 4. The lowest BCUT2D eigenvalue weighted by molar-refractivity contribution is -0.137. The van der Waals surface area contributed by atoms with Crippen molar-refractivity contribution in [1.29, 1.82) is 0 Å². The lowest BCUT2D eigenvalue weighted by Gasteiger charge is -2.35. The highest BCUT2D eigenvalue weighted by Gasteiger charge is 2.55. The largest absolute Gasteiger partial charge is 0.394 e. The summed E-state index contributed by atoms with van der Waals surface area (Å²) >= 11 is 1.15. The third-order valence-electron chi connectivity index (χ3n) is 7.11. The average molecular weight is 554 g/mol. The molecular weight excluding hydrogens is 526 g/mol. The predicted molar refractivity (Wildman–Crippen MR) is 131 cm³/mol. The number of rotatable bonds is 5. The maximum Gasteiger partial charge on any atom is 0.330 e. The van der Waals surface area contributed by atoms with Gasteiger partial charge in [0.1, 0.15) is 36.0 Å². The zero-order valence-electron chi connectivity index (χ0n) is 20.3. The fourth-order valence-electron chi connectivity index (χ4n) is 5.15. The number of aliphatic hydroxyl groups excluding tert-OH is 3. The fraction of sp³-hybridized carbons (Fsp3) is 0.591. The van der Waals surface area contributed by atoms with Crippen molar-refractivity contribution in [2.45, 2.75) is 68.6 Å². The molecule has 3 fully saturated rings. The smallest absolute Gasteiger partial charge is 0.330 e. The van der Waals surface area contributed by atoms with Crippen LogP contribution >= 0.6 is 11.8 Å². The zero-order chi connectivity index (χ0) is 27.5. The first kappa shape index (κ1) is 26.6. The van der Waals surface area contributed by atoms with Crippen LogP contribution in [0.5, 0.6) is 0 Å². The molecule has 0 spiro atoms. The van der Waals surface area contributed by atoms with Crippen LogP contribution in [0.15, 0.2) is 31.6 Å². The lowest BCUT2D eigenvalue weighted by Crippen LogP contribution is -2.53. The number of nitrogens with one attached hydrogen (secondary N) is 2. The number of amides is 1. The number of aryl methyl sites for hydroxylation is 2. The van der Waals surface area contributed by atoms with E-state index in [0.29, 0.717) is 0 Å². The second-order valence-electron chi connectivity index (χ2n) is 9.55. The Labute approximate surface area is 217 Å². The van der Waals surface area contributed by atoms with E-state index in [1.54, 1.807) is 0 Å². The van der Waals surface area contributed by atoms with Gasteiger partial charge in [0.05, 0.1) is 18.4 Å². The molecule has 3 saturated heterocycles. The highest BCUT2D eigenvalue weighted by molar-refractivity contribution is 8.01. The van der Waals surface area contributed by atoms with Crippen LogP contribution < -0.4 is 22.5 Å². The Balaban J connectivity index is 1.43. The third kappa shape index (κ3) is 4.36. The molecule has 0 aliphatic carbocycles. The topological polar surface area (TPSA) is 209 Å². The molecule has 38 heavy (non-hydrogen) atoms. The van der Waals surface area contributed by atoms with Gasteiger partial charge in [0.2, 0.25) is 5.91 Å². The van der Waals surface area contributed by atoms with Gasteiger partial charge in [-0.15, -0.1) is 11.8 Å². The summed E-state index contributed by atoms with van der Waals surface area (Å²) in [4.78, 5) is 67.1. The van der Waals surface area contributed by atoms with Gasteiger partial charge in [0.25, 0.3) is 11.1 Å². The lowest BCUT2D eigenvalue weighted by atomic mass is 10.0. The van der Waals surface area contributed by atoms with E-state index < -0.39 is 77.4 Å². The van der Waals surface area contributed by atoms with Crippen molar-refractivity contribution in [3.05, 3.63) is 65.2 Å². The van der Waals surface area contributed by atoms with Crippen LogP contribution in [-0.4, -0.2) is 93.4 Å². The van der Waals surface area contributed by atoms with Crippen LogP contribution in [0.1, 0.15) is 30.0 Å². The van der Waals surface area contributed by atoms with Crippen molar-refractivity contribution in [2.24, 2.45) is 0 Å². The molecule has 8 atom stereocenters. The number of nitrogens with zero attached hydrogens (tertiary/aromatic N) is 3. The van der Waals surface area contributed by atoms with Crippen LogP contribution in [0, 0.1) is 13.8 Å². The molecule has 0 aromatic carbocycles.